The van der Waals surface area contributed by atoms with Gasteiger partial charge in [-0.2, -0.15) is 0 Å². The Kier molecular flexibility index (Phi) is 5.90. The Bertz CT molecular complexity index is 1150. The van der Waals surface area contributed by atoms with Gasteiger partial charge in [0.1, 0.15) is 0 Å². The number of carbonyl (C=O) groups is 2. The van der Waals surface area contributed by atoms with Crippen molar-refractivity contribution in [2.45, 2.75) is 45.4 Å². The van der Waals surface area contributed by atoms with Crippen LogP contribution in [0.2, 0.25) is 5.02 Å². The number of carboxylic acid groups (broad SMARTS) is 1. The zero-order chi connectivity index (χ0) is 22.2. The van der Waals surface area contributed by atoms with Crippen LogP contribution >= 0.6 is 11.6 Å². The number of nitrogens with zero attached hydrogens (tertiary/aromatic N) is 1. The van der Waals surface area contributed by atoms with Crippen molar-refractivity contribution < 1.29 is 24.2 Å². The molecule has 0 saturated heterocycles. The number of halogens is 2. The summed E-state index contributed by atoms with van der Waals surface area (Å²) in [5.41, 5.74) is -0.435. The van der Waals surface area contributed by atoms with Gasteiger partial charge in [-0.3, -0.25) is 14.2 Å². The average molecular weight is 432 g/mol. The van der Waals surface area contributed by atoms with Crippen LogP contribution in [0.15, 0.2) is 36.4 Å². The van der Waals surface area contributed by atoms with E-state index in [0.29, 0.717) is 17.1 Å². The number of aromatic hydroxyl groups is 1. The van der Waals surface area contributed by atoms with E-state index in [0.717, 1.165) is 12.5 Å². The van der Waals surface area contributed by atoms with E-state index in [-0.39, 0.29) is 28.5 Å². The lowest BCUT2D eigenvalue weighted by Crippen LogP contribution is -2.33. The fourth-order valence-corrected chi connectivity index (χ4v) is 4.20. The molecule has 2 N–H and O–H groups in total. The number of unbranched alkanes of at least 4 members (excludes halogenated alkanes) is 1. The summed E-state index contributed by atoms with van der Waals surface area (Å²) in [6.45, 7) is 5.07. The van der Waals surface area contributed by atoms with Gasteiger partial charge in [-0.15, -0.1) is 0 Å². The number of phenols is 1. The van der Waals surface area contributed by atoms with Crippen LogP contribution in [0.1, 0.15) is 54.7 Å². The number of hydrogen-bond donors (Lipinski definition) is 2. The van der Waals surface area contributed by atoms with Crippen molar-refractivity contribution in [1.29, 1.82) is 0 Å². The molecule has 0 unspecified atom stereocenters. The summed E-state index contributed by atoms with van der Waals surface area (Å²) in [5, 5.41) is 20.4. The highest BCUT2D eigenvalue weighted by Gasteiger charge is 2.41. The van der Waals surface area contributed by atoms with Crippen LogP contribution in [0.3, 0.4) is 0 Å². The van der Waals surface area contributed by atoms with E-state index in [1.165, 1.54) is 23.6 Å². The largest absolute Gasteiger partial charge is 0.505 e. The van der Waals surface area contributed by atoms with Crippen molar-refractivity contribution >= 4 is 34.4 Å². The summed E-state index contributed by atoms with van der Waals surface area (Å²) in [6, 6.07) is 8.94. The van der Waals surface area contributed by atoms with Crippen molar-refractivity contribution in [3.63, 3.8) is 0 Å². The second-order valence-electron chi connectivity index (χ2n) is 7.64. The van der Waals surface area contributed by atoms with Gasteiger partial charge in [0.25, 0.3) is 5.91 Å². The molecule has 0 spiro atoms. The zero-order valence-electron chi connectivity index (χ0n) is 17.0. The van der Waals surface area contributed by atoms with Crippen molar-refractivity contribution in [1.82, 2.24) is 4.57 Å². The van der Waals surface area contributed by atoms with E-state index < -0.39 is 28.9 Å². The summed E-state index contributed by atoms with van der Waals surface area (Å²) >= 11 is 6.02. The SMILES string of the molecule is CCCC[C@@](C)(C(=O)O)c1c(C)n(C(=O)c2cccc(Cl)c2)c2ccc(O)c(F)c12. The van der Waals surface area contributed by atoms with Crippen molar-refractivity contribution in [2.75, 3.05) is 0 Å². The third-order valence-electron chi connectivity index (χ3n) is 5.62. The first-order chi connectivity index (χ1) is 14.1. The third-order valence-corrected chi connectivity index (χ3v) is 5.85. The van der Waals surface area contributed by atoms with Crippen molar-refractivity contribution in [3.8, 4) is 5.75 Å². The Balaban J connectivity index is 2.39. The molecule has 3 rings (SSSR count). The molecule has 3 aromatic rings. The fraction of sp³-hybridized carbons (Fsp3) is 0.304. The topological polar surface area (TPSA) is 79.5 Å². The number of rotatable bonds is 6. The maximum atomic E-state index is 15.1. The number of hydrogen-bond acceptors (Lipinski definition) is 3. The predicted molar refractivity (Wildman–Crippen MR) is 114 cm³/mol. The second kappa shape index (κ2) is 8.11. The Morgan fingerprint density at radius 1 is 1.23 bits per heavy atom. The molecule has 0 radical (unpaired) electrons. The minimum Gasteiger partial charge on any atom is -0.505 e. The standard InChI is InChI=1S/C23H23ClFNO4/c1-4-5-11-23(3,22(29)30)19-13(2)26(16-9-10-17(27)20(25)18(16)19)21(28)14-7-6-8-15(24)12-14/h6-10,12,27H,4-5,11H2,1-3H3,(H,29,30)/t23-/m1/s1. The molecule has 2 aromatic carbocycles. The molecule has 0 saturated carbocycles. The molecule has 0 fully saturated rings. The van der Waals surface area contributed by atoms with Gasteiger partial charge in [0.2, 0.25) is 0 Å². The van der Waals surface area contributed by atoms with Crippen LogP contribution < -0.4 is 0 Å². The summed E-state index contributed by atoms with van der Waals surface area (Å²) < 4.78 is 16.4. The number of benzene rings is 2. The Morgan fingerprint density at radius 2 is 1.93 bits per heavy atom. The minimum absolute atomic E-state index is 0.0520. The van der Waals surface area contributed by atoms with Crippen molar-refractivity contribution in [2.24, 2.45) is 0 Å². The molecule has 1 heterocycles. The normalized spacial score (nSPS) is 13.4. The molecule has 0 aliphatic carbocycles. The molecule has 1 aromatic heterocycles. The van der Waals surface area contributed by atoms with Gasteiger partial charge in [0.05, 0.1) is 10.9 Å². The average Bonchev–Trinajstić information content (AvgIpc) is 3.01. The van der Waals surface area contributed by atoms with Gasteiger partial charge < -0.3 is 10.2 Å². The molecular weight excluding hydrogens is 409 g/mol. The van der Waals surface area contributed by atoms with Gasteiger partial charge in [-0.25, -0.2) is 4.39 Å². The highest BCUT2D eigenvalue weighted by atomic mass is 35.5. The Labute approximate surface area is 178 Å². The highest BCUT2D eigenvalue weighted by molar-refractivity contribution is 6.31. The smallest absolute Gasteiger partial charge is 0.313 e. The summed E-state index contributed by atoms with van der Waals surface area (Å²) in [5.74, 6) is -3.11. The van der Waals surface area contributed by atoms with Crippen molar-refractivity contribution in [3.05, 3.63) is 64.1 Å². The zero-order valence-corrected chi connectivity index (χ0v) is 17.8. The predicted octanol–water partition coefficient (Wildman–Crippen LogP) is 5.67. The number of carbonyl (C=O) groups excluding carboxylic acids is 1. The molecular formula is C23H23ClFNO4. The van der Waals surface area contributed by atoms with Gasteiger partial charge in [0, 0.05) is 27.2 Å². The van der Waals surface area contributed by atoms with Crippen LogP contribution in [0.4, 0.5) is 4.39 Å². The lowest BCUT2D eigenvalue weighted by Gasteiger charge is -2.26. The van der Waals surface area contributed by atoms with Gasteiger partial charge in [0.15, 0.2) is 11.6 Å². The lowest BCUT2D eigenvalue weighted by molar-refractivity contribution is -0.143. The molecule has 0 amide bonds. The van der Waals surface area contributed by atoms with Crippen LogP contribution in [0.25, 0.3) is 10.9 Å². The Morgan fingerprint density at radius 3 is 2.53 bits per heavy atom. The molecule has 5 nitrogen and oxygen atoms in total. The van der Waals surface area contributed by atoms with Crippen LogP contribution in [-0.4, -0.2) is 26.7 Å². The number of aliphatic carboxylic acids is 1. The first kappa shape index (κ1) is 21.8. The van der Waals surface area contributed by atoms with Crippen LogP contribution in [0, 0.1) is 12.7 Å². The number of fused-ring (bicyclic) bond motifs is 1. The summed E-state index contributed by atoms with van der Waals surface area (Å²) in [4.78, 5) is 25.6. The van der Waals surface area contributed by atoms with E-state index in [9.17, 15) is 19.8 Å². The Hall–Kier alpha value is -2.86. The molecule has 1 atom stereocenters. The first-order valence-electron chi connectivity index (χ1n) is 9.70. The van der Waals surface area contributed by atoms with E-state index in [1.807, 2.05) is 6.92 Å². The lowest BCUT2D eigenvalue weighted by atomic mass is 9.76. The maximum absolute atomic E-state index is 15.1. The number of carboxylic acids is 1. The summed E-state index contributed by atoms with van der Waals surface area (Å²) in [7, 11) is 0. The van der Waals surface area contributed by atoms with E-state index in [4.69, 9.17) is 11.6 Å². The van der Waals surface area contributed by atoms with E-state index >= 15 is 4.39 Å². The number of phenolic OH excluding ortho intramolecular Hbond substituents is 1. The molecule has 30 heavy (non-hydrogen) atoms. The van der Waals surface area contributed by atoms with Crippen LogP contribution in [0.5, 0.6) is 5.75 Å². The van der Waals surface area contributed by atoms with E-state index in [2.05, 4.69) is 0 Å². The highest BCUT2D eigenvalue weighted by Crippen LogP contribution is 2.42. The molecule has 0 bridgehead atoms. The van der Waals surface area contributed by atoms with Gasteiger partial charge in [-0.1, -0.05) is 37.4 Å². The molecule has 0 aliphatic heterocycles. The fourth-order valence-electron chi connectivity index (χ4n) is 4.01. The third kappa shape index (κ3) is 3.45. The quantitative estimate of drug-likeness (QED) is 0.527. The van der Waals surface area contributed by atoms with Gasteiger partial charge >= 0.3 is 5.97 Å². The minimum atomic E-state index is -1.44. The maximum Gasteiger partial charge on any atom is 0.313 e. The molecule has 158 valence electrons. The molecule has 7 heteroatoms. The molecule has 0 aliphatic rings. The second-order valence-corrected chi connectivity index (χ2v) is 8.08. The number of aromatic nitrogens is 1. The van der Waals surface area contributed by atoms with Gasteiger partial charge in [-0.05, 0) is 50.6 Å². The monoisotopic (exact) mass is 431 g/mol. The summed E-state index contributed by atoms with van der Waals surface area (Å²) in [6.07, 6.45) is 1.63. The first-order valence-corrected chi connectivity index (χ1v) is 10.1. The van der Waals surface area contributed by atoms with Crippen LogP contribution in [-0.2, 0) is 10.2 Å². The van der Waals surface area contributed by atoms with E-state index in [1.54, 1.807) is 25.1 Å².